The Hall–Kier alpha value is -1.69. The number of nitrogens with one attached hydrogen (secondary N) is 1. The van der Waals surface area contributed by atoms with E-state index >= 15 is 0 Å². The molecule has 1 rings (SSSR count). The van der Waals surface area contributed by atoms with Gasteiger partial charge in [0, 0.05) is 12.7 Å². The zero-order chi connectivity index (χ0) is 11.3. The molecule has 82 valence electrons. The average Bonchev–Trinajstić information content (AvgIpc) is 2.17. The van der Waals surface area contributed by atoms with Crippen LogP contribution in [0.25, 0.3) is 0 Å². The van der Waals surface area contributed by atoms with Crippen molar-refractivity contribution in [3.63, 3.8) is 0 Å². The van der Waals surface area contributed by atoms with E-state index in [4.69, 9.17) is 10.8 Å². The van der Waals surface area contributed by atoms with Crippen LogP contribution < -0.4 is 11.1 Å². The van der Waals surface area contributed by atoms with Crippen LogP contribution in [0.15, 0.2) is 6.20 Å². The number of carbonyl (C=O) groups is 1. The molecular weight excluding hydrogens is 196 g/mol. The summed E-state index contributed by atoms with van der Waals surface area (Å²) in [6.07, 6.45) is 2.12. The predicted octanol–water partition coefficient (Wildman–Crippen LogP) is 0.244. The fraction of sp³-hybridized carbons (Fsp3) is 0.444. The van der Waals surface area contributed by atoms with Gasteiger partial charge in [-0.05, 0) is 19.9 Å². The molecule has 0 aliphatic rings. The highest BCUT2D eigenvalue weighted by molar-refractivity contribution is 5.88. The quantitative estimate of drug-likeness (QED) is 0.602. The minimum atomic E-state index is -1.01. The van der Waals surface area contributed by atoms with Gasteiger partial charge in [0.1, 0.15) is 0 Å². The Bertz CT molecular complexity index is 354. The van der Waals surface area contributed by atoms with E-state index in [1.165, 1.54) is 6.20 Å². The van der Waals surface area contributed by atoms with E-state index < -0.39 is 5.97 Å². The van der Waals surface area contributed by atoms with Crippen molar-refractivity contribution >= 4 is 11.9 Å². The molecule has 15 heavy (non-hydrogen) atoms. The molecule has 1 heterocycles. The van der Waals surface area contributed by atoms with Gasteiger partial charge in [-0.15, -0.1) is 0 Å². The molecule has 0 saturated carbocycles. The van der Waals surface area contributed by atoms with Crippen LogP contribution in [0.2, 0.25) is 0 Å². The molecular formula is C9H14N4O2. The number of aryl methyl sites for hydroxylation is 1. The van der Waals surface area contributed by atoms with E-state index in [0.717, 1.165) is 6.42 Å². The molecule has 6 nitrogen and oxygen atoms in total. The van der Waals surface area contributed by atoms with E-state index in [1.807, 2.05) is 0 Å². The van der Waals surface area contributed by atoms with Gasteiger partial charge >= 0.3 is 5.97 Å². The van der Waals surface area contributed by atoms with E-state index in [9.17, 15) is 4.79 Å². The number of aromatic carboxylic acids is 1. The number of carboxylic acid groups (broad SMARTS) is 1. The molecule has 4 N–H and O–H groups in total. The molecule has 0 spiro atoms. The van der Waals surface area contributed by atoms with Crippen molar-refractivity contribution in [2.45, 2.75) is 13.3 Å². The van der Waals surface area contributed by atoms with Gasteiger partial charge in [-0.2, -0.15) is 0 Å². The molecule has 0 radical (unpaired) electrons. The molecule has 0 atom stereocenters. The summed E-state index contributed by atoms with van der Waals surface area (Å²) in [5, 5.41) is 11.7. The third-order valence-electron chi connectivity index (χ3n) is 1.87. The van der Waals surface area contributed by atoms with Crippen molar-refractivity contribution in [2.75, 3.05) is 18.4 Å². The van der Waals surface area contributed by atoms with Gasteiger partial charge in [0.15, 0.2) is 0 Å². The maximum atomic E-state index is 10.7. The van der Waals surface area contributed by atoms with Crippen LogP contribution in [0.4, 0.5) is 5.95 Å². The molecule has 0 amide bonds. The van der Waals surface area contributed by atoms with Gasteiger partial charge in [0.05, 0.1) is 11.3 Å². The Morgan fingerprint density at radius 1 is 1.67 bits per heavy atom. The van der Waals surface area contributed by atoms with Crippen molar-refractivity contribution in [3.8, 4) is 0 Å². The normalized spacial score (nSPS) is 10.0. The van der Waals surface area contributed by atoms with Crippen LogP contribution >= 0.6 is 0 Å². The highest BCUT2D eigenvalue weighted by Gasteiger charge is 2.09. The molecule has 0 bridgehead atoms. The molecule has 0 aliphatic carbocycles. The van der Waals surface area contributed by atoms with Gasteiger partial charge in [-0.3, -0.25) is 0 Å². The zero-order valence-electron chi connectivity index (χ0n) is 8.53. The fourth-order valence-electron chi connectivity index (χ4n) is 1.06. The van der Waals surface area contributed by atoms with Gasteiger partial charge in [-0.25, -0.2) is 14.8 Å². The zero-order valence-corrected chi connectivity index (χ0v) is 8.53. The molecule has 1 aromatic rings. The van der Waals surface area contributed by atoms with E-state index in [0.29, 0.717) is 24.7 Å². The number of carboxylic acids is 1. The Balaban J connectivity index is 2.69. The lowest BCUT2D eigenvalue weighted by Crippen LogP contribution is -2.12. The number of nitrogens with two attached hydrogens (primary N) is 1. The van der Waals surface area contributed by atoms with Crippen LogP contribution in [-0.4, -0.2) is 34.1 Å². The number of hydrogen-bond donors (Lipinski definition) is 3. The number of aromatic nitrogens is 2. The average molecular weight is 210 g/mol. The van der Waals surface area contributed by atoms with Gasteiger partial charge in [-0.1, -0.05) is 0 Å². The number of hydrogen-bond acceptors (Lipinski definition) is 5. The monoisotopic (exact) mass is 210 g/mol. The second-order valence-electron chi connectivity index (χ2n) is 3.07. The van der Waals surface area contributed by atoms with Crippen LogP contribution in [0.3, 0.4) is 0 Å². The summed E-state index contributed by atoms with van der Waals surface area (Å²) in [5.74, 6) is -0.577. The van der Waals surface area contributed by atoms with Crippen molar-refractivity contribution in [1.29, 1.82) is 0 Å². The summed E-state index contributed by atoms with van der Waals surface area (Å²) >= 11 is 0. The Kier molecular flexibility index (Phi) is 3.99. The number of rotatable bonds is 5. The summed E-state index contributed by atoms with van der Waals surface area (Å²) in [7, 11) is 0. The van der Waals surface area contributed by atoms with Crippen LogP contribution in [-0.2, 0) is 0 Å². The largest absolute Gasteiger partial charge is 0.478 e. The maximum Gasteiger partial charge on any atom is 0.339 e. The molecule has 0 aromatic carbocycles. The Morgan fingerprint density at radius 2 is 2.40 bits per heavy atom. The molecule has 6 heteroatoms. The van der Waals surface area contributed by atoms with Crippen molar-refractivity contribution in [3.05, 3.63) is 17.5 Å². The van der Waals surface area contributed by atoms with Crippen molar-refractivity contribution < 1.29 is 9.90 Å². The first kappa shape index (κ1) is 11.4. The Labute approximate surface area is 87.5 Å². The lowest BCUT2D eigenvalue weighted by molar-refractivity contribution is 0.0695. The highest BCUT2D eigenvalue weighted by atomic mass is 16.4. The maximum absolute atomic E-state index is 10.7. The Morgan fingerprint density at radius 3 is 2.93 bits per heavy atom. The first-order valence-electron chi connectivity index (χ1n) is 4.66. The lowest BCUT2D eigenvalue weighted by Gasteiger charge is -2.05. The smallest absolute Gasteiger partial charge is 0.339 e. The highest BCUT2D eigenvalue weighted by Crippen LogP contribution is 2.06. The minimum absolute atomic E-state index is 0.124. The lowest BCUT2D eigenvalue weighted by atomic mass is 10.2. The molecule has 0 unspecified atom stereocenters. The summed E-state index contributed by atoms with van der Waals surface area (Å²) < 4.78 is 0. The molecule has 0 saturated heterocycles. The SMILES string of the molecule is Cc1nc(NCCCN)ncc1C(=O)O. The topological polar surface area (TPSA) is 101 Å². The summed E-state index contributed by atoms with van der Waals surface area (Å²) in [6.45, 7) is 2.92. The second-order valence-corrected chi connectivity index (χ2v) is 3.07. The molecule has 1 aromatic heterocycles. The van der Waals surface area contributed by atoms with E-state index in [2.05, 4.69) is 15.3 Å². The number of anilines is 1. The summed E-state index contributed by atoms with van der Waals surface area (Å²) in [5.41, 5.74) is 5.90. The first-order chi connectivity index (χ1) is 7.15. The van der Waals surface area contributed by atoms with Gasteiger partial charge < -0.3 is 16.2 Å². The van der Waals surface area contributed by atoms with Crippen molar-refractivity contribution in [2.24, 2.45) is 5.73 Å². The van der Waals surface area contributed by atoms with Crippen LogP contribution in [0.1, 0.15) is 22.5 Å². The predicted molar refractivity (Wildman–Crippen MR) is 55.9 cm³/mol. The number of nitrogens with zero attached hydrogens (tertiary/aromatic N) is 2. The van der Waals surface area contributed by atoms with Crippen LogP contribution in [0, 0.1) is 6.92 Å². The standard InChI is InChI=1S/C9H14N4O2/c1-6-7(8(14)15)5-12-9(13-6)11-4-2-3-10/h5H,2-4,10H2,1H3,(H,14,15)(H,11,12,13). The van der Waals surface area contributed by atoms with Gasteiger partial charge in [0.2, 0.25) is 5.95 Å². The fourth-order valence-corrected chi connectivity index (χ4v) is 1.06. The third kappa shape index (κ3) is 3.17. The third-order valence-corrected chi connectivity index (χ3v) is 1.87. The van der Waals surface area contributed by atoms with E-state index in [1.54, 1.807) is 6.92 Å². The molecule has 0 aliphatic heterocycles. The first-order valence-corrected chi connectivity index (χ1v) is 4.66. The van der Waals surface area contributed by atoms with Crippen molar-refractivity contribution in [1.82, 2.24) is 9.97 Å². The summed E-state index contributed by atoms with van der Waals surface area (Å²) in [6, 6.07) is 0. The summed E-state index contributed by atoms with van der Waals surface area (Å²) in [4.78, 5) is 18.6. The van der Waals surface area contributed by atoms with Crippen LogP contribution in [0.5, 0.6) is 0 Å². The minimum Gasteiger partial charge on any atom is -0.478 e. The van der Waals surface area contributed by atoms with E-state index in [-0.39, 0.29) is 5.56 Å². The van der Waals surface area contributed by atoms with Gasteiger partial charge in [0.25, 0.3) is 0 Å². The molecule has 0 fully saturated rings. The second kappa shape index (κ2) is 5.26.